The minimum atomic E-state index is -3.85. The maximum Gasteiger partial charge on any atom is 0.261 e. The van der Waals surface area contributed by atoms with Gasteiger partial charge in [-0.15, -0.1) is 0 Å². The summed E-state index contributed by atoms with van der Waals surface area (Å²) in [5.74, 6) is 0. The molecular weight excluding hydrogens is 237 g/mol. The first kappa shape index (κ1) is 10.6. The molecule has 72 valence electrons. The van der Waals surface area contributed by atoms with Crippen molar-refractivity contribution in [2.75, 3.05) is 5.48 Å². The number of anilines is 1. The van der Waals surface area contributed by atoms with E-state index in [1.54, 1.807) is 0 Å². The smallest absolute Gasteiger partial charge is 0.261 e. The fourth-order valence-corrected chi connectivity index (χ4v) is 1.86. The van der Waals surface area contributed by atoms with Crippen LogP contribution in [0.5, 0.6) is 0 Å². The van der Waals surface area contributed by atoms with Crippen LogP contribution in [0.1, 0.15) is 0 Å². The summed E-state index contributed by atoms with van der Waals surface area (Å²) in [7, 11) is 1.19. The van der Waals surface area contributed by atoms with E-state index in [-0.39, 0.29) is 15.6 Å². The van der Waals surface area contributed by atoms with Crippen molar-refractivity contribution in [1.82, 2.24) is 0 Å². The van der Waals surface area contributed by atoms with E-state index >= 15 is 0 Å². The molecule has 0 aliphatic rings. The molecule has 0 aromatic heterocycles. The van der Waals surface area contributed by atoms with Crippen LogP contribution in [0.4, 0.5) is 5.69 Å². The molecule has 1 aromatic rings. The lowest BCUT2D eigenvalue weighted by atomic mass is 10.3. The van der Waals surface area contributed by atoms with Gasteiger partial charge in [-0.25, -0.2) is 8.42 Å². The van der Waals surface area contributed by atoms with Crippen LogP contribution >= 0.6 is 22.3 Å². The zero-order valence-corrected chi connectivity index (χ0v) is 8.45. The maximum atomic E-state index is 10.8. The zero-order chi connectivity index (χ0) is 10.1. The van der Waals surface area contributed by atoms with Crippen molar-refractivity contribution in [2.24, 2.45) is 0 Å². The number of benzene rings is 1. The van der Waals surface area contributed by atoms with Gasteiger partial charge in [0.15, 0.2) is 0 Å². The molecule has 0 unspecified atom stereocenters. The molecule has 0 fully saturated rings. The van der Waals surface area contributed by atoms with Gasteiger partial charge in [-0.05, 0) is 18.2 Å². The predicted molar refractivity (Wildman–Crippen MR) is 51.5 cm³/mol. The third-order valence-electron chi connectivity index (χ3n) is 1.27. The number of nitrogens with one attached hydrogen (secondary N) is 1. The summed E-state index contributed by atoms with van der Waals surface area (Å²) in [6.45, 7) is 0. The lowest BCUT2D eigenvalue weighted by molar-refractivity contribution is 0.609. The summed E-state index contributed by atoms with van der Waals surface area (Å²) in [5, 5.41) is 10.3. The van der Waals surface area contributed by atoms with E-state index in [0.717, 1.165) is 12.1 Å². The molecule has 0 atom stereocenters. The standard InChI is InChI=1S/C6H4Cl2NO3S/c7-4-1-5(9-10)3-6(2-4)13(8,11)12/h1-3,9H/q-1. The van der Waals surface area contributed by atoms with E-state index in [2.05, 4.69) is 0 Å². The zero-order valence-electron chi connectivity index (χ0n) is 6.12. The SMILES string of the molecule is O=S(=O)(Cl)c1cc(Cl)cc(N[O-])c1. The molecule has 1 aromatic carbocycles. The van der Waals surface area contributed by atoms with E-state index in [0.29, 0.717) is 0 Å². The van der Waals surface area contributed by atoms with Gasteiger partial charge in [-0.1, -0.05) is 11.6 Å². The average Bonchev–Trinajstić information content (AvgIpc) is 2.01. The first-order valence-electron chi connectivity index (χ1n) is 3.07. The normalized spacial score (nSPS) is 11.3. The highest BCUT2D eigenvalue weighted by molar-refractivity contribution is 8.13. The Hall–Kier alpha value is -0.490. The van der Waals surface area contributed by atoms with E-state index in [9.17, 15) is 13.6 Å². The molecule has 0 bridgehead atoms. The first-order valence-corrected chi connectivity index (χ1v) is 5.75. The Balaban J connectivity index is 3.33. The van der Waals surface area contributed by atoms with Crippen LogP contribution in [0.15, 0.2) is 23.1 Å². The van der Waals surface area contributed by atoms with Crippen molar-refractivity contribution >= 4 is 37.0 Å². The monoisotopic (exact) mass is 240 g/mol. The second-order valence-electron chi connectivity index (χ2n) is 2.22. The summed E-state index contributed by atoms with van der Waals surface area (Å²) in [6, 6.07) is 3.55. The van der Waals surface area contributed by atoms with Gasteiger partial charge in [0.05, 0.1) is 4.90 Å². The minimum Gasteiger partial charge on any atom is -0.761 e. The molecule has 7 heteroatoms. The second-order valence-corrected chi connectivity index (χ2v) is 5.22. The molecule has 1 rings (SSSR count). The molecule has 0 aliphatic carbocycles. The van der Waals surface area contributed by atoms with Gasteiger partial charge in [-0.2, -0.15) is 0 Å². The summed E-state index contributed by atoms with van der Waals surface area (Å²) in [5.41, 5.74) is 1.57. The molecule has 4 nitrogen and oxygen atoms in total. The van der Waals surface area contributed by atoms with E-state index in [4.69, 9.17) is 22.3 Å². The van der Waals surface area contributed by atoms with Gasteiger partial charge in [0.2, 0.25) is 0 Å². The largest absolute Gasteiger partial charge is 0.761 e. The number of rotatable bonds is 2. The Labute approximate surface area is 84.5 Å². The Kier molecular flexibility index (Phi) is 3.02. The Morgan fingerprint density at radius 3 is 2.38 bits per heavy atom. The lowest BCUT2D eigenvalue weighted by Gasteiger charge is -2.10. The Morgan fingerprint density at radius 1 is 1.31 bits per heavy atom. The van der Waals surface area contributed by atoms with Gasteiger partial charge in [0.25, 0.3) is 9.05 Å². The maximum absolute atomic E-state index is 10.8. The number of hydrogen-bond donors (Lipinski definition) is 1. The molecule has 0 saturated heterocycles. The van der Waals surface area contributed by atoms with Crippen molar-refractivity contribution in [3.63, 3.8) is 0 Å². The van der Waals surface area contributed by atoms with Crippen LogP contribution in [0.25, 0.3) is 0 Å². The fraction of sp³-hybridized carbons (Fsp3) is 0. The van der Waals surface area contributed by atoms with E-state index < -0.39 is 9.05 Å². The van der Waals surface area contributed by atoms with Crippen molar-refractivity contribution in [1.29, 1.82) is 0 Å². The third-order valence-corrected chi connectivity index (χ3v) is 2.82. The van der Waals surface area contributed by atoms with Crippen molar-refractivity contribution in [2.45, 2.75) is 4.90 Å². The quantitative estimate of drug-likeness (QED) is 0.636. The summed E-state index contributed by atoms with van der Waals surface area (Å²) < 4.78 is 21.7. The summed E-state index contributed by atoms with van der Waals surface area (Å²) in [4.78, 5) is -0.208. The lowest BCUT2D eigenvalue weighted by Crippen LogP contribution is -1.93. The average molecular weight is 241 g/mol. The molecule has 0 amide bonds. The van der Waals surface area contributed by atoms with Crippen LogP contribution in [-0.4, -0.2) is 8.42 Å². The molecule has 0 heterocycles. The highest BCUT2D eigenvalue weighted by Crippen LogP contribution is 2.24. The Morgan fingerprint density at radius 2 is 1.92 bits per heavy atom. The second kappa shape index (κ2) is 3.71. The van der Waals surface area contributed by atoms with Crippen molar-refractivity contribution in [3.05, 3.63) is 28.4 Å². The van der Waals surface area contributed by atoms with Crippen LogP contribution in [0.3, 0.4) is 0 Å². The predicted octanol–water partition coefficient (Wildman–Crippen LogP) is 2.18. The van der Waals surface area contributed by atoms with Gasteiger partial charge < -0.3 is 10.7 Å². The summed E-state index contributed by atoms with van der Waals surface area (Å²) in [6.07, 6.45) is 0. The van der Waals surface area contributed by atoms with Gasteiger partial charge in [0.1, 0.15) is 0 Å². The van der Waals surface area contributed by atoms with Crippen LogP contribution in [-0.2, 0) is 9.05 Å². The Bertz CT molecular complexity index is 418. The van der Waals surface area contributed by atoms with Gasteiger partial charge in [-0.3, -0.25) is 0 Å². The minimum absolute atomic E-state index is 0.0479. The molecule has 0 saturated carbocycles. The summed E-state index contributed by atoms with van der Waals surface area (Å²) >= 11 is 5.53. The highest BCUT2D eigenvalue weighted by Gasteiger charge is 2.10. The number of hydrogen-bond acceptors (Lipinski definition) is 4. The van der Waals surface area contributed by atoms with Crippen LogP contribution < -0.4 is 5.48 Å². The highest BCUT2D eigenvalue weighted by atomic mass is 35.7. The fourth-order valence-electron chi connectivity index (χ4n) is 0.762. The molecule has 0 radical (unpaired) electrons. The van der Waals surface area contributed by atoms with E-state index in [1.807, 2.05) is 0 Å². The third kappa shape index (κ3) is 2.73. The molecule has 0 spiro atoms. The number of halogens is 2. The molecule has 0 aliphatic heterocycles. The van der Waals surface area contributed by atoms with Gasteiger partial charge in [0, 0.05) is 21.4 Å². The van der Waals surface area contributed by atoms with Crippen molar-refractivity contribution < 1.29 is 8.42 Å². The topological polar surface area (TPSA) is 69.2 Å². The molecule has 13 heavy (non-hydrogen) atoms. The van der Waals surface area contributed by atoms with E-state index in [1.165, 1.54) is 11.5 Å². The van der Waals surface area contributed by atoms with Crippen LogP contribution in [0.2, 0.25) is 5.02 Å². The molecular formula is C6H4Cl2NO3S-. The van der Waals surface area contributed by atoms with Gasteiger partial charge >= 0.3 is 0 Å². The van der Waals surface area contributed by atoms with Crippen LogP contribution in [0, 0.1) is 5.21 Å². The molecule has 1 N–H and O–H groups in total. The van der Waals surface area contributed by atoms with Crippen molar-refractivity contribution in [3.8, 4) is 0 Å². The first-order chi connectivity index (χ1) is 5.93.